The van der Waals surface area contributed by atoms with Crippen LogP contribution in [-0.2, 0) is 0 Å². The molecule has 0 bridgehead atoms. The number of anilines is 1. The van der Waals surface area contributed by atoms with Crippen molar-refractivity contribution in [3.8, 4) is 0 Å². The molecule has 2 rings (SSSR count). The van der Waals surface area contributed by atoms with E-state index in [1.807, 2.05) is 12.1 Å². The number of hydrogen-bond acceptors (Lipinski definition) is 3. The molecule has 2 aromatic heterocycles. The van der Waals surface area contributed by atoms with E-state index in [1.54, 1.807) is 12.5 Å². The van der Waals surface area contributed by atoms with Crippen LogP contribution < -0.4 is 5.32 Å². The van der Waals surface area contributed by atoms with Gasteiger partial charge in [-0.15, -0.1) is 0 Å². The van der Waals surface area contributed by atoms with Crippen LogP contribution in [-0.4, -0.2) is 10.5 Å². The second-order valence-electron chi connectivity index (χ2n) is 4.35. The van der Waals surface area contributed by atoms with Crippen molar-refractivity contribution in [1.29, 1.82) is 0 Å². The molecule has 0 unspecified atom stereocenters. The van der Waals surface area contributed by atoms with Crippen molar-refractivity contribution in [2.24, 2.45) is 0 Å². The fourth-order valence-electron chi connectivity index (χ4n) is 1.40. The zero-order valence-electron chi connectivity index (χ0n) is 9.37. The van der Waals surface area contributed by atoms with E-state index in [4.69, 9.17) is 4.42 Å². The Morgan fingerprint density at radius 1 is 1.40 bits per heavy atom. The van der Waals surface area contributed by atoms with E-state index >= 15 is 0 Å². The van der Waals surface area contributed by atoms with E-state index < -0.39 is 0 Å². The highest BCUT2D eigenvalue weighted by atomic mass is 16.3. The second-order valence-corrected chi connectivity index (χ2v) is 4.35. The van der Waals surface area contributed by atoms with Gasteiger partial charge in [0.25, 0.3) is 0 Å². The number of fused-ring (bicyclic) bond motifs is 1. The van der Waals surface area contributed by atoms with Gasteiger partial charge in [-0.05, 0) is 32.4 Å². The van der Waals surface area contributed by atoms with Gasteiger partial charge in [0.05, 0.1) is 11.6 Å². The Morgan fingerprint density at radius 2 is 2.20 bits per heavy atom. The first-order valence-corrected chi connectivity index (χ1v) is 5.23. The quantitative estimate of drug-likeness (QED) is 0.832. The maximum atomic E-state index is 5.33. The minimum atomic E-state index is 0.0541. The fourth-order valence-corrected chi connectivity index (χ4v) is 1.40. The molecule has 0 aliphatic carbocycles. The van der Waals surface area contributed by atoms with Crippen LogP contribution >= 0.6 is 0 Å². The van der Waals surface area contributed by atoms with Crippen molar-refractivity contribution in [1.82, 2.24) is 4.98 Å². The van der Waals surface area contributed by atoms with Gasteiger partial charge in [0.1, 0.15) is 11.4 Å². The zero-order valence-corrected chi connectivity index (χ0v) is 9.37. The van der Waals surface area contributed by atoms with Crippen molar-refractivity contribution in [3.05, 3.63) is 24.6 Å². The Kier molecular flexibility index (Phi) is 2.39. The molecular formula is C12H16N2O. The lowest BCUT2D eigenvalue weighted by Gasteiger charge is -2.25. The van der Waals surface area contributed by atoms with Crippen LogP contribution in [0.5, 0.6) is 0 Å². The number of rotatable bonds is 3. The number of nitrogens with zero attached hydrogens (tertiary/aromatic N) is 1. The highest BCUT2D eigenvalue weighted by Crippen LogP contribution is 2.25. The van der Waals surface area contributed by atoms with E-state index in [0.29, 0.717) is 0 Å². The van der Waals surface area contributed by atoms with Crippen molar-refractivity contribution in [3.63, 3.8) is 0 Å². The summed E-state index contributed by atoms with van der Waals surface area (Å²) in [4.78, 5) is 4.34. The molecule has 0 aromatic carbocycles. The number of hydrogen-bond donors (Lipinski definition) is 1. The predicted octanol–water partition coefficient (Wildman–Crippen LogP) is 3.43. The van der Waals surface area contributed by atoms with Crippen molar-refractivity contribution in [2.45, 2.75) is 32.7 Å². The van der Waals surface area contributed by atoms with Gasteiger partial charge in [0.2, 0.25) is 0 Å². The average Bonchev–Trinajstić information content (AvgIpc) is 2.66. The number of nitrogens with one attached hydrogen (secondary N) is 1. The second kappa shape index (κ2) is 3.57. The molecule has 1 N–H and O–H groups in total. The average molecular weight is 204 g/mol. The molecule has 2 aromatic rings. The smallest absolute Gasteiger partial charge is 0.139 e. The molecule has 2 heterocycles. The first kappa shape index (κ1) is 10.0. The highest BCUT2D eigenvalue weighted by molar-refractivity contribution is 5.88. The van der Waals surface area contributed by atoms with Gasteiger partial charge >= 0.3 is 0 Å². The van der Waals surface area contributed by atoms with Crippen LogP contribution in [0, 0.1) is 0 Å². The number of aromatic nitrogens is 1. The Hall–Kier alpha value is -1.51. The molecular weight excluding hydrogens is 188 g/mol. The maximum absolute atomic E-state index is 5.33. The lowest BCUT2D eigenvalue weighted by molar-refractivity contribution is 0.545. The topological polar surface area (TPSA) is 38.1 Å². The molecule has 0 aliphatic heterocycles. The van der Waals surface area contributed by atoms with Crippen molar-refractivity contribution >= 4 is 16.8 Å². The SMILES string of the molecule is CCC(C)(C)Nc1nccc2occc12. The lowest BCUT2D eigenvalue weighted by atomic mass is 10.0. The summed E-state index contributed by atoms with van der Waals surface area (Å²) in [7, 11) is 0. The first-order valence-electron chi connectivity index (χ1n) is 5.23. The molecule has 80 valence electrons. The Morgan fingerprint density at radius 3 is 2.93 bits per heavy atom. The summed E-state index contributed by atoms with van der Waals surface area (Å²) in [6.07, 6.45) is 4.50. The van der Waals surface area contributed by atoms with Crippen LogP contribution in [0.3, 0.4) is 0 Å². The Labute approximate surface area is 89.5 Å². The maximum Gasteiger partial charge on any atom is 0.139 e. The third kappa shape index (κ3) is 1.96. The summed E-state index contributed by atoms with van der Waals surface area (Å²) < 4.78 is 5.33. The molecule has 15 heavy (non-hydrogen) atoms. The normalized spacial score (nSPS) is 11.9. The van der Waals surface area contributed by atoms with Crippen LogP contribution in [0.25, 0.3) is 11.0 Å². The summed E-state index contributed by atoms with van der Waals surface area (Å²) in [6.45, 7) is 6.48. The molecule has 0 atom stereocenters. The van der Waals surface area contributed by atoms with Crippen LogP contribution in [0.2, 0.25) is 0 Å². The molecule has 3 nitrogen and oxygen atoms in total. The summed E-state index contributed by atoms with van der Waals surface area (Å²) >= 11 is 0. The first-order chi connectivity index (χ1) is 7.12. The van der Waals surface area contributed by atoms with Crippen molar-refractivity contribution < 1.29 is 4.42 Å². The summed E-state index contributed by atoms with van der Waals surface area (Å²) in [5.74, 6) is 0.896. The third-order valence-electron chi connectivity index (χ3n) is 2.72. The molecule has 0 spiro atoms. The number of furan rings is 1. The zero-order chi connectivity index (χ0) is 10.9. The largest absolute Gasteiger partial charge is 0.464 e. The summed E-state index contributed by atoms with van der Waals surface area (Å²) in [5.41, 5.74) is 0.929. The van der Waals surface area contributed by atoms with Crippen LogP contribution in [0.15, 0.2) is 29.0 Å². The third-order valence-corrected chi connectivity index (χ3v) is 2.72. The van der Waals surface area contributed by atoms with Gasteiger partial charge in [-0.2, -0.15) is 0 Å². The highest BCUT2D eigenvalue weighted by Gasteiger charge is 2.16. The molecule has 0 aliphatic rings. The minimum Gasteiger partial charge on any atom is -0.464 e. The van der Waals surface area contributed by atoms with Gasteiger partial charge < -0.3 is 9.73 Å². The van der Waals surface area contributed by atoms with E-state index in [2.05, 4.69) is 31.1 Å². The molecule has 0 amide bonds. The van der Waals surface area contributed by atoms with E-state index in [1.165, 1.54) is 0 Å². The van der Waals surface area contributed by atoms with E-state index in [9.17, 15) is 0 Å². The standard InChI is InChI=1S/C12H16N2O/c1-4-12(2,3)14-11-9-6-8-15-10(9)5-7-13-11/h5-8H,4H2,1-3H3,(H,13,14). The molecule has 0 fully saturated rings. The molecule has 3 heteroatoms. The van der Waals surface area contributed by atoms with Gasteiger partial charge in [0.15, 0.2) is 0 Å². The number of pyridine rings is 1. The predicted molar refractivity (Wildman–Crippen MR) is 62.0 cm³/mol. The Balaban J connectivity index is 2.39. The van der Waals surface area contributed by atoms with Crippen molar-refractivity contribution in [2.75, 3.05) is 5.32 Å². The van der Waals surface area contributed by atoms with Gasteiger partial charge in [-0.25, -0.2) is 4.98 Å². The van der Waals surface area contributed by atoms with Crippen LogP contribution in [0.1, 0.15) is 27.2 Å². The lowest BCUT2D eigenvalue weighted by Crippen LogP contribution is -2.30. The van der Waals surface area contributed by atoms with E-state index in [-0.39, 0.29) is 5.54 Å². The van der Waals surface area contributed by atoms with Gasteiger partial charge in [-0.3, -0.25) is 0 Å². The minimum absolute atomic E-state index is 0.0541. The van der Waals surface area contributed by atoms with E-state index in [0.717, 1.165) is 23.2 Å². The molecule has 0 radical (unpaired) electrons. The van der Waals surface area contributed by atoms with Gasteiger partial charge in [0, 0.05) is 11.7 Å². The molecule has 0 saturated carbocycles. The summed E-state index contributed by atoms with van der Waals surface area (Å²) in [5, 5.41) is 4.47. The van der Waals surface area contributed by atoms with Gasteiger partial charge in [-0.1, -0.05) is 6.92 Å². The summed E-state index contributed by atoms with van der Waals surface area (Å²) in [6, 6.07) is 3.82. The Bertz CT molecular complexity index is 459. The fraction of sp³-hybridized carbons (Fsp3) is 0.417. The van der Waals surface area contributed by atoms with Crippen LogP contribution in [0.4, 0.5) is 5.82 Å². The molecule has 0 saturated heterocycles. The monoisotopic (exact) mass is 204 g/mol.